The van der Waals surface area contributed by atoms with E-state index >= 15 is 0 Å². The molecule has 0 amide bonds. The number of guanidine groups is 1. The zero-order valence-corrected chi connectivity index (χ0v) is 18.3. The summed E-state index contributed by atoms with van der Waals surface area (Å²) >= 11 is 1.81. The van der Waals surface area contributed by atoms with E-state index in [1.807, 2.05) is 11.3 Å². The molecule has 1 aromatic heterocycles. The molecule has 0 saturated carbocycles. The van der Waals surface area contributed by atoms with Gasteiger partial charge < -0.3 is 19.7 Å². The maximum atomic E-state index is 5.96. The second-order valence-electron chi connectivity index (χ2n) is 6.52. The summed E-state index contributed by atoms with van der Waals surface area (Å²) in [7, 11) is 0. The predicted octanol–water partition coefficient (Wildman–Crippen LogP) is 3.31. The van der Waals surface area contributed by atoms with Crippen LogP contribution in [0.5, 0.6) is 0 Å². The molecule has 0 spiro atoms. The van der Waals surface area contributed by atoms with Crippen molar-refractivity contribution >= 4 is 41.3 Å². The smallest absolute Gasteiger partial charge is 0.194 e. The van der Waals surface area contributed by atoms with Crippen LogP contribution >= 0.6 is 35.3 Å². The molecule has 3 atom stereocenters. The minimum atomic E-state index is 0. The minimum absolute atomic E-state index is 0. The maximum absolute atomic E-state index is 5.96. The van der Waals surface area contributed by atoms with Gasteiger partial charge in [0.25, 0.3) is 0 Å². The first-order valence-electron chi connectivity index (χ1n) is 9.07. The van der Waals surface area contributed by atoms with Crippen molar-refractivity contribution in [1.82, 2.24) is 10.2 Å². The van der Waals surface area contributed by atoms with E-state index in [1.54, 1.807) is 0 Å². The molecular weight excluding hydrogens is 449 g/mol. The second-order valence-corrected chi connectivity index (χ2v) is 7.50. The molecule has 0 aliphatic carbocycles. The van der Waals surface area contributed by atoms with Crippen LogP contribution in [0.1, 0.15) is 37.5 Å². The van der Waals surface area contributed by atoms with Gasteiger partial charge in [0, 0.05) is 37.0 Å². The minimum Gasteiger partial charge on any atom is -0.375 e. The fraction of sp³-hybridized carbons (Fsp3) is 0.722. The van der Waals surface area contributed by atoms with Gasteiger partial charge in [0.1, 0.15) is 6.10 Å². The number of halogens is 1. The van der Waals surface area contributed by atoms with Gasteiger partial charge in [-0.2, -0.15) is 0 Å². The Bertz CT molecular complexity index is 520. The fourth-order valence-electron chi connectivity index (χ4n) is 3.30. The SMILES string of the molecule is CCNC(=NCC(C)c1cccs1)N1CCOC(C2CCCO2)C1.I. The Morgan fingerprint density at radius 1 is 1.40 bits per heavy atom. The lowest BCUT2D eigenvalue weighted by Crippen LogP contribution is -2.53. The van der Waals surface area contributed by atoms with Crippen molar-refractivity contribution in [3.05, 3.63) is 22.4 Å². The van der Waals surface area contributed by atoms with E-state index in [4.69, 9.17) is 14.5 Å². The van der Waals surface area contributed by atoms with E-state index in [-0.39, 0.29) is 36.2 Å². The third kappa shape index (κ3) is 5.80. The average Bonchev–Trinajstić information content (AvgIpc) is 3.32. The van der Waals surface area contributed by atoms with Gasteiger partial charge in [-0.25, -0.2) is 0 Å². The van der Waals surface area contributed by atoms with Gasteiger partial charge in [-0.15, -0.1) is 35.3 Å². The summed E-state index contributed by atoms with van der Waals surface area (Å²) < 4.78 is 11.8. The average molecular weight is 479 g/mol. The molecule has 3 rings (SSSR count). The third-order valence-electron chi connectivity index (χ3n) is 4.65. The van der Waals surface area contributed by atoms with Crippen molar-refractivity contribution in [2.75, 3.05) is 39.4 Å². The van der Waals surface area contributed by atoms with Gasteiger partial charge >= 0.3 is 0 Å². The monoisotopic (exact) mass is 479 g/mol. The summed E-state index contributed by atoms with van der Waals surface area (Å²) in [6, 6.07) is 4.31. The highest BCUT2D eigenvalue weighted by atomic mass is 127. The molecular formula is C18H30IN3O2S. The molecule has 5 nitrogen and oxygen atoms in total. The fourth-order valence-corrected chi connectivity index (χ4v) is 4.08. The number of hydrogen-bond acceptors (Lipinski definition) is 4. The van der Waals surface area contributed by atoms with Crippen LogP contribution in [0.15, 0.2) is 22.5 Å². The molecule has 2 fully saturated rings. The van der Waals surface area contributed by atoms with E-state index < -0.39 is 0 Å². The standard InChI is InChI=1S/C18H29N3O2S.HI/c1-3-19-18(20-12-14(2)17-7-5-11-24-17)21-8-10-23-16(13-21)15-6-4-9-22-15;/h5,7,11,14-16H,3-4,6,8-10,12-13H2,1-2H3,(H,19,20);1H. The molecule has 142 valence electrons. The Balaban J connectivity index is 0.00000225. The molecule has 0 radical (unpaired) electrons. The number of hydrogen-bond donors (Lipinski definition) is 1. The number of aliphatic imine (C=N–C) groups is 1. The Morgan fingerprint density at radius 2 is 2.24 bits per heavy atom. The van der Waals surface area contributed by atoms with E-state index in [1.165, 1.54) is 4.88 Å². The Hall–Kier alpha value is -0.380. The second kappa shape index (κ2) is 10.7. The number of nitrogens with one attached hydrogen (secondary N) is 1. The summed E-state index contributed by atoms with van der Waals surface area (Å²) in [5.74, 6) is 1.46. The van der Waals surface area contributed by atoms with Gasteiger partial charge in [0.15, 0.2) is 5.96 Å². The first-order chi connectivity index (χ1) is 11.8. The van der Waals surface area contributed by atoms with Gasteiger partial charge in [0.2, 0.25) is 0 Å². The molecule has 3 unspecified atom stereocenters. The van der Waals surface area contributed by atoms with Gasteiger partial charge in [-0.3, -0.25) is 4.99 Å². The van der Waals surface area contributed by atoms with Crippen LogP contribution in [0.3, 0.4) is 0 Å². The number of nitrogens with zero attached hydrogens (tertiary/aromatic N) is 2. The highest BCUT2D eigenvalue weighted by Gasteiger charge is 2.32. The largest absolute Gasteiger partial charge is 0.375 e. The van der Waals surface area contributed by atoms with E-state index in [9.17, 15) is 0 Å². The molecule has 2 aliphatic rings. The molecule has 1 aromatic rings. The zero-order chi connectivity index (χ0) is 16.8. The Morgan fingerprint density at radius 3 is 2.92 bits per heavy atom. The van der Waals surface area contributed by atoms with Gasteiger partial charge in [0.05, 0.1) is 19.3 Å². The van der Waals surface area contributed by atoms with Crippen LogP contribution < -0.4 is 5.32 Å². The number of ether oxygens (including phenoxy) is 2. The van der Waals surface area contributed by atoms with E-state index in [2.05, 4.69) is 41.6 Å². The van der Waals surface area contributed by atoms with Crippen molar-refractivity contribution in [2.24, 2.45) is 4.99 Å². The first kappa shape index (κ1) is 20.9. The van der Waals surface area contributed by atoms with Crippen molar-refractivity contribution in [1.29, 1.82) is 0 Å². The van der Waals surface area contributed by atoms with Gasteiger partial charge in [-0.05, 0) is 31.2 Å². The zero-order valence-electron chi connectivity index (χ0n) is 15.1. The van der Waals surface area contributed by atoms with Crippen molar-refractivity contribution in [3.63, 3.8) is 0 Å². The van der Waals surface area contributed by atoms with Crippen LogP contribution in [0.2, 0.25) is 0 Å². The van der Waals surface area contributed by atoms with Gasteiger partial charge in [-0.1, -0.05) is 13.0 Å². The summed E-state index contributed by atoms with van der Waals surface area (Å²) in [5, 5.41) is 5.58. The van der Waals surface area contributed by atoms with Crippen LogP contribution in [0.25, 0.3) is 0 Å². The normalized spacial score (nSPS) is 25.5. The van der Waals surface area contributed by atoms with Crippen molar-refractivity contribution < 1.29 is 9.47 Å². The lowest BCUT2D eigenvalue weighted by Gasteiger charge is -2.37. The number of rotatable bonds is 5. The Kier molecular flexibility index (Phi) is 8.95. The lowest BCUT2D eigenvalue weighted by molar-refractivity contribution is -0.0817. The molecule has 0 aromatic carbocycles. The quantitative estimate of drug-likeness (QED) is 0.400. The lowest BCUT2D eigenvalue weighted by atomic mass is 10.1. The summed E-state index contributed by atoms with van der Waals surface area (Å²) in [6.45, 7) is 9.43. The predicted molar refractivity (Wildman–Crippen MR) is 114 cm³/mol. The first-order valence-corrected chi connectivity index (χ1v) is 9.95. The van der Waals surface area contributed by atoms with E-state index in [0.29, 0.717) is 5.92 Å². The summed E-state index contributed by atoms with van der Waals surface area (Å²) in [5.41, 5.74) is 0. The van der Waals surface area contributed by atoms with Crippen LogP contribution in [0, 0.1) is 0 Å². The van der Waals surface area contributed by atoms with Crippen LogP contribution in [-0.4, -0.2) is 62.5 Å². The van der Waals surface area contributed by atoms with Crippen LogP contribution in [0.4, 0.5) is 0 Å². The molecule has 1 N–H and O–H groups in total. The molecule has 0 bridgehead atoms. The molecule has 3 heterocycles. The molecule has 2 aliphatic heterocycles. The highest BCUT2D eigenvalue weighted by Crippen LogP contribution is 2.22. The van der Waals surface area contributed by atoms with Crippen molar-refractivity contribution in [3.8, 4) is 0 Å². The number of morpholine rings is 1. The third-order valence-corrected chi connectivity index (χ3v) is 5.76. The Labute approximate surface area is 172 Å². The molecule has 2 saturated heterocycles. The highest BCUT2D eigenvalue weighted by molar-refractivity contribution is 14.0. The van der Waals surface area contributed by atoms with Crippen LogP contribution in [-0.2, 0) is 9.47 Å². The molecule has 7 heteroatoms. The molecule has 25 heavy (non-hydrogen) atoms. The van der Waals surface area contributed by atoms with E-state index in [0.717, 1.165) is 58.2 Å². The number of thiophene rings is 1. The van der Waals surface area contributed by atoms with Crippen molar-refractivity contribution in [2.45, 2.75) is 44.8 Å². The topological polar surface area (TPSA) is 46.1 Å². The summed E-state index contributed by atoms with van der Waals surface area (Å²) in [4.78, 5) is 8.63. The summed E-state index contributed by atoms with van der Waals surface area (Å²) in [6.07, 6.45) is 2.68. The maximum Gasteiger partial charge on any atom is 0.194 e.